The SMILES string of the molecule is CCN1CCN(C(=O)[C@@H](C)Oc2ccc(C)cc2)CC1. The van der Waals surface area contributed by atoms with Crippen molar-refractivity contribution >= 4 is 5.91 Å². The third-order valence-electron chi connectivity index (χ3n) is 3.81. The van der Waals surface area contributed by atoms with Gasteiger partial charge in [0.25, 0.3) is 5.91 Å². The van der Waals surface area contributed by atoms with Gasteiger partial charge in [-0.3, -0.25) is 4.79 Å². The van der Waals surface area contributed by atoms with Gasteiger partial charge in [-0.05, 0) is 32.5 Å². The summed E-state index contributed by atoms with van der Waals surface area (Å²) in [6.07, 6.45) is -0.425. The molecule has 0 aromatic heterocycles. The molecule has 1 atom stereocenters. The van der Waals surface area contributed by atoms with Crippen molar-refractivity contribution in [1.29, 1.82) is 0 Å². The Balaban J connectivity index is 1.87. The number of amides is 1. The van der Waals surface area contributed by atoms with Gasteiger partial charge < -0.3 is 14.5 Å². The molecular formula is C16H24N2O2. The van der Waals surface area contributed by atoms with Crippen molar-refractivity contribution in [3.63, 3.8) is 0 Å². The van der Waals surface area contributed by atoms with Crippen molar-refractivity contribution in [3.05, 3.63) is 29.8 Å². The van der Waals surface area contributed by atoms with Crippen molar-refractivity contribution in [3.8, 4) is 5.75 Å². The molecule has 4 heteroatoms. The van der Waals surface area contributed by atoms with Crippen molar-refractivity contribution < 1.29 is 9.53 Å². The van der Waals surface area contributed by atoms with Crippen LogP contribution in [0.15, 0.2) is 24.3 Å². The van der Waals surface area contributed by atoms with Gasteiger partial charge in [0.15, 0.2) is 6.10 Å². The highest BCUT2D eigenvalue weighted by Gasteiger charge is 2.25. The van der Waals surface area contributed by atoms with Crippen LogP contribution in [-0.4, -0.2) is 54.5 Å². The predicted molar refractivity (Wildman–Crippen MR) is 80.0 cm³/mol. The Kier molecular flexibility index (Phi) is 5.01. The number of likely N-dealkylation sites (N-methyl/N-ethyl adjacent to an activating group) is 1. The van der Waals surface area contributed by atoms with Gasteiger partial charge in [0.1, 0.15) is 5.75 Å². The van der Waals surface area contributed by atoms with Crippen LogP contribution >= 0.6 is 0 Å². The molecule has 0 saturated carbocycles. The number of piperazine rings is 1. The Morgan fingerprint density at radius 1 is 1.20 bits per heavy atom. The van der Waals surface area contributed by atoms with Crippen LogP contribution < -0.4 is 4.74 Å². The lowest BCUT2D eigenvalue weighted by Gasteiger charge is -2.35. The maximum Gasteiger partial charge on any atom is 0.263 e. The molecule has 1 aliphatic rings. The van der Waals surface area contributed by atoms with Crippen LogP contribution in [-0.2, 0) is 4.79 Å². The fourth-order valence-electron chi connectivity index (χ4n) is 2.41. The lowest BCUT2D eigenvalue weighted by molar-refractivity contribution is -0.139. The minimum atomic E-state index is -0.425. The van der Waals surface area contributed by atoms with Gasteiger partial charge in [-0.1, -0.05) is 24.6 Å². The number of ether oxygens (including phenoxy) is 1. The lowest BCUT2D eigenvalue weighted by atomic mass is 10.2. The Morgan fingerprint density at radius 2 is 1.80 bits per heavy atom. The molecule has 4 nitrogen and oxygen atoms in total. The highest BCUT2D eigenvalue weighted by molar-refractivity contribution is 5.81. The van der Waals surface area contributed by atoms with Crippen LogP contribution in [0, 0.1) is 6.92 Å². The predicted octanol–water partition coefficient (Wildman–Crippen LogP) is 1.93. The highest BCUT2D eigenvalue weighted by Crippen LogP contribution is 2.14. The average molecular weight is 276 g/mol. The first kappa shape index (κ1) is 14.9. The quantitative estimate of drug-likeness (QED) is 0.842. The third kappa shape index (κ3) is 3.73. The van der Waals surface area contributed by atoms with Gasteiger partial charge >= 0.3 is 0 Å². The van der Waals surface area contributed by atoms with E-state index in [4.69, 9.17) is 4.74 Å². The minimum absolute atomic E-state index is 0.0846. The van der Waals surface area contributed by atoms with Crippen molar-refractivity contribution in [2.45, 2.75) is 26.9 Å². The second kappa shape index (κ2) is 6.75. The topological polar surface area (TPSA) is 32.8 Å². The van der Waals surface area contributed by atoms with Gasteiger partial charge in [0.05, 0.1) is 0 Å². The molecule has 1 aromatic carbocycles. The molecule has 1 amide bonds. The number of aryl methyl sites for hydroxylation is 1. The first-order chi connectivity index (χ1) is 9.60. The van der Waals surface area contributed by atoms with Crippen LogP contribution in [0.4, 0.5) is 0 Å². The monoisotopic (exact) mass is 276 g/mol. The van der Waals surface area contributed by atoms with E-state index in [9.17, 15) is 4.79 Å². The Labute approximate surface area is 121 Å². The van der Waals surface area contributed by atoms with E-state index >= 15 is 0 Å². The van der Waals surface area contributed by atoms with Crippen molar-refractivity contribution in [2.75, 3.05) is 32.7 Å². The summed E-state index contributed by atoms with van der Waals surface area (Å²) >= 11 is 0. The molecule has 0 N–H and O–H groups in total. The van der Waals surface area contributed by atoms with Crippen LogP contribution in [0.25, 0.3) is 0 Å². The first-order valence-electron chi connectivity index (χ1n) is 7.34. The highest BCUT2D eigenvalue weighted by atomic mass is 16.5. The molecule has 0 bridgehead atoms. The summed E-state index contributed by atoms with van der Waals surface area (Å²) in [4.78, 5) is 16.6. The number of carbonyl (C=O) groups is 1. The first-order valence-corrected chi connectivity index (χ1v) is 7.34. The Morgan fingerprint density at radius 3 is 2.35 bits per heavy atom. The van der Waals surface area contributed by atoms with E-state index in [1.54, 1.807) is 0 Å². The molecule has 0 unspecified atom stereocenters. The Bertz CT molecular complexity index is 436. The molecule has 1 aliphatic heterocycles. The van der Waals surface area contributed by atoms with Gasteiger partial charge in [0, 0.05) is 26.2 Å². The fourth-order valence-corrected chi connectivity index (χ4v) is 2.41. The summed E-state index contributed by atoms with van der Waals surface area (Å²) in [7, 11) is 0. The van der Waals surface area contributed by atoms with E-state index in [2.05, 4.69) is 11.8 Å². The second-order valence-corrected chi connectivity index (χ2v) is 5.33. The van der Waals surface area contributed by atoms with Crippen LogP contribution in [0.5, 0.6) is 5.75 Å². The zero-order chi connectivity index (χ0) is 14.5. The zero-order valence-corrected chi connectivity index (χ0v) is 12.6. The minimum Gasteiger partial charge on any atom is -0.481 e. The zero-order valence-electron chi connectivity index (χ0n) is 12.6. The van der Waals surface area contributed by atoms with Crippen LogP contribution in [0.2, 0.25) is 0 Å². The number of rotatable bonds is 4. The van der Waals surface area contributed by atoms with Gasteiger partial charge in [-0.25, -0.2) is 0 Å². The summed E-state index contributed by atoms with van der Waals surface area (Å²) in [5, 5.41) is 0. The average Bonchev–Trinajstić information content (AvgIpc) is 2.49. The molecule has 1 heterocycles. The smallest absolute Gasteiger partial charge is 0.263 e. The van der Waals surface area contributed by atoms with Crippen molar-refractivity contribution in [1.82, 2.24) is 9.80 Å². The van der Waals surface area contributed by atoms with Gasteiger partial charge in [0.2, 0.25) is 0 Å². The molecule has 110 valence electrons. The fraction of sp³-hybridized carbons (Fsp3) is 0.562. The molecular weight excluding hydrogens is 252 g/mol. The number of hydrogen-bond acceptors (Lipinski definition) is 3. The largest absolute Gasteiger partial charge is 0.481 e. The number of carbonyl (C=O) groups excluding carboxylic acids is 1. The van der Waals surface area contributed by atoms with Crippen LogP contribution in [0.1, 0.15) is 19.4 Å². The van der Waals surface area contributed by atoms with Crippen molar-refractivity contribution in [2.24, 2.45) is 0 Å². The molecule has 1 fully saturated rings. The summed E-state index contributed by atoms with van der Waals surface area (Å²) in [5.41, 5.74) is 1.19. The van der Waals surface area contributed by atoms with E-state index in [1.807, 2.05) is 43.0 Å². The molecule has 0 spiro atoms. The summed E-state index contributed by atoms with van der Waals surface area (Å²) in [6.45, 7) is 10.6. The molecule has 20 heavy (non-hydrogen) atoms. The maximum absolute atomic E-state index is 12.3. The van der Waals surface area contributed by atoms with E-state index in [0.29, 0.717) is 0 Å². The molecule has 1 aromatic rings. The number of nitrogens with zero attached hydrogens (tertiary/aromatic N) is 2. The van der Waals surface area contributed by atoms with Gasteiger partial charge in [-0.2, -0.15) is 0 Å². The molecule has 1 saturated heterocycles. The summed E-state index contributed by atoms with van der Waals surface area (Å²) in [5.74, 6) is 0.838. The molecule has 0 aliphatic carbocycles. The number of hydrogen-bond donors (Lipinski definition) is 0. The van der Waals surface area contributed by atoms with Gasteiger partial charge in [-0.15, -0.1) is 0 Å². The maximum atomic E-state index is 12.3. The summed E-state index contributed by atoms with van der Waals surface area (Å²) in [6, 6.07) is 7.81. The normalized spacial score (nSPS) is 17.9. The van der Waals surface area contributed by atoms with E-state index in [-0.39, 0.29) is 5.91 Å². The third-order valence-corrected chi connectivity index (χ3v) is 3.81. The van der Waals surface area contributed by atoms with E-state index < -0.39 is 6.10 Å². The molecule has 0 radical (unpaired) electrons. The van der Waals surface area contributed by atoms with E-state index in [0.717, 1.165) is 38.5 Å². The standard InChI is InChI=1S/C16H24N2O2/c1-4-17-9-11-18(12-10-17)16(19)14(3)20-15-7-5-13(2)6-8-15/h5-8,14H,4,9-12H2,1-3H3/t14-/m1/s1. The number of benzene rings is 1. The van der Waals surface area contributed by atoms with E-state index in [1.165, 1.54) is 5.56 Å². The summed E-state index contributed by atoms with van der Waals surface area (Å²) < 4.78 is 5.73. The second-order valence-electron chi connectivity index (χ2n) is 5.33. The molecule has 2 rings (SSSR count). The lowest BCUT2D eigenvalue weighted by Crippen LogP contribution is -2.51. The Hall–Kier alpha value is -1.55. The van der Waals surface area contributed by atoms with Crippen LogP contribution in [0.3, 0.4) is 0 Å².